The highest BCUT2D eigenvalue weighted by atomic mass is 32.2. The van der Waals surface area contributed by atoms with Crippen molar-refractivity contribution in [2.45, 2.75) is 39.8 Å². The summed E-state index contributed by atoms with van der Waals surface area (Å²) in [5, 5.41) is 4.11. The standard InChI is InChI=1S/C12H23N3OS/c1-6-15(5)11(16)9(4)13-12-14-10(7-17-12)8(2)3/h8-10H,6-7H2,1-5H3,(H,13,14). The summed E-state index contributed by atoms with van der Waals surface area (Å²) in [6.07, 6.45) is 0. The molecule has 0 aromatic heterocycles. The molecule has 0 saturated heterocycles. The van der Waals surface area contributed by atoms with Crippen LogP contribution in [0.1, 0.15) is 27.7 Å². The summed E-state index contributed by atoms with van der Waals surface area (Å²) >= 11 is 1.71. The van der Waals surface area contributed by atoms with Crippen molar-refractivity contribution in [1.82, 2.24) is 10.2 Å². The fraction of sp³-hybridized carbons (Fsp3) is 0.833. The molecule has 17 heavy (non-hydrogen) atoms. The molecule has 1 N–H and O–H groups in total. The van der Waals surface area contributed by atoms with Gasteiger partial charge < -0.3 is 10.2 Å². The summed E-state index contributed by atoms with van der Waals surface area (Å²) in [4.78, 5) is 18.2. The Hall–Kier alpha value is -0.710. The maximum Gasteiger partial charge on any atom is 0.244 e. The molecule has 0 radical (unpaired) electrons. The number of rotatable bonds is 4. The molecule has 98 valence electrons. The number of nitrogens with one attached hydrogen (secondary N) is 1. The van der Waals surface area contributed by atoms with Crippen molar-refractivity contribution in [2.75, 3.05) is 19.3 Å². The van der Waals surface area contributed by atoms with Gasteiger partial charge in [0.1, 0.15) is 6.04 Å². The number of likely N-dealkylation sites (N-methyl/N-ethyl adjacent to an activating group) is 1. The Morgan fingerprint density at radius 3 is 2.71 bits per heavy atom. The maximum atomic E-state index is 11.9. The predicted molar refractivity (Wildman–Crippen MR) is 74.4 cm³/mol. The van der Waals surface area contributed by atoms with Crippen LogP contribution < -0.4 is 5.32 Å². The van der Waals surface area contributed by atoms with Gasteiger partial charge in [-0.1, -0.05) is 25.6 Å². The van der Waals surface area contributed by atoms with Crippen molar-refractivity contribution < 1.29 is 4.79 Å². The van der Waals surface area contributed by atoms with Gasteiger partial charge in [-0.2, -0.15) is 0 Å². The monoisotopic (exact) mass is 257 g/mol. The van der Waals surface area contributed by atoms with Crippen LogP contribution in [-0.4, -0.2) is 47.4 Å². The van der Waals surface area contributed by atoms with Crippen molar-refractivity contribution >= 4 is 22.8 Å². The lowest BCUT2D eigenvalue weighted by Crippen LogP contribution is -2.44. The van der Waals surface area contributed by atoms with Crippen LogP contribution >= 0.6 is 11.8 Å². The first-order valence-electron chi connectivity index (χ1n) is 6.17. The second kappa shape index (κ2) is 6.28. The van der Waals surface area contributed by atoms with Gasteiger partial charge in [0.2, 0.25) is 5.91 Å². The zero-order valence-corrected chi connectivity index (χ0v) is 12.2. The third kappa shape index (κ3) is 3.91. The molecule has 1 aliphatic heterocycles. The molecule has 1 rings (SSSR count). The molecule has 0 fully saturated rings. The number of nitrogens with zero attached hydrogens (tertiary/aromatic N) is 2. The van der Waals surface area contributed by atoms with Crippen LogP contribution in [0, 0.1) is 5.92 Å². The van der Waals surface area contributed by atoms with E-state index in [1.54, 1.807) is 16.7 Å². The first-order chi connectivity index (χ1) is 7.95. The van der Waals surface area contributed by atoms with Crippen LogP contribution in [0.4, 0.5) is 0 Å². The highest BCUT2D eigenvalue weighted by Gasteiger charge is 2.24. The Bertz CT molecular complexity index is 304. The molecule has 1 amide bonds. The topological polar surface area (TPSA) is 44.7 Å². The lowest BCUT2D eigenvalue weighted by Gasteiger charge is -2.20. The van der Waals surface area contributed by atoms with E-state index < -0.39 is 0 Å². The average molecular weight is 257 g/mol. The molecule has 0 saturated carbocycles. The Morgan fingerprint density at radius 1 is 1.59 bits per heavy atom. The minimum Gasteiger partial charge on any atom is -0.353 e. The number of carbonyl (C=O) groups is 1. The minimum absolute atomic E-state index is 0.115. The van der Waals surface area contributed by atoms with Crippen molar-refractivity contribution in [3.63, 3.8) is 0 Å². The maximum absolute atomic E-state index is 11.9. The molecule has 0 aliphatic carbocycles. The fourth-order valence-corrected chi connectivity index (χ4v) is 2.80. The van der Waals surface area contributed by atoms with Gasteiger partial charge in [-0.05, 0) is 19.8 Å². The number of thioether (sulfide) groups is 1. The molecule has 4 nitrogen and oxygen atoms in total. The first kappa shape index (κ1) is 14.4. The number of amides is 1. The molecule has 0 aromatic carbocycles. The van der Waals surface area contributed by atoms with Gasteiger partial charge in [-0.15, -0.1) is 0 Å². The van der Waals surface area contributed by atoms with E-state index in [4.69, 9.17) is 0 Å². The van der Waals surface area contributed by atoms with Crippen molar-refractivity contribution in [3.05, 3.63) is 0 Å². The zero-order valence-electron chi connectivity index (χ0n) is 11.4. The zero-order chi connectivity index (χ0) is 13.0. The quantitative estimate of drug-likeness (QED) is 0.831. The predicted octanol–water partition coefficient (Wildman–Crippen LogP) is 1.57. The van der Waals surface area contributed by atoms with Gasteiger partial charge >= 0.3 is 0 Å². The SMILES string of the molecule is CCN(C)C(=O)C(C)NC1=NC(C(C)C)CS1. The minimum atomic E-state index is -0.197. The van der Waals surface area contributed by atoms with Crippen LogP contribution in [0.25, 0.3) is 0 Å². The van der Waals surface area contributed by atoms with Crippen molar-refractivity contribution in [1.29, 1.82) is 0 Å². The lowest BCUT2D eigenvalue weighted by atomic mass is 10.1. The summed E-state index contributed by atoms with van der Waals surface area (Å²) in [6, 6.07) is 0.186. The molecule has 0 spiro atoms. The van der Waals surface area contributed by atoms with Crippen LogP contribution in [0.15, 0.2) is 4.99 Å². The van der Waals surface area contributed by atoms with Crippen molar-refractivity contribution in [3.8, 4) is 0 Å². The smallest absolute Gasteiger partial charge is 0.244 e. The normalized spacial score (nSPS) is 21.3. The van der Waals surface area contributed by atoms with Crippen LogP contribution in [-0.2, 0) is 4.79 Å². The van der Waals surface area contributed by atoms with Gasteiger partial charge in [0.15, 0.2) is 5.17 Å². The number of hydrogen-bond acceptors (Lipinski definition) is 4. The third-order valence-corrected chi connectivity index (χ3v) is 4.01. The molecule has 1 heterocycles. The summed E-state index contributed by atoms with van der Waals surface area (Å²) < 4.78 is 0. The number of hydrogen-bond donors (Lipinski definition) is 1. The van der Waals surface area contributed by atoms with E-state index in [0.29, 0.717) is 12.0 Å². The lowest BCUT2D eigenvalue weighted by molar-refractivity contribution is -0.131. The summed E-state index contributed by atoms with van der Waals surface area (Å²) in [5.41, 5.74) is 0. The number of carbonyl (C=O) groups excluding carboxylic acids is 1. The van der Waals surface area contributed by atoms with Gasteiger partial charge in [0, 0.05) is 19.3 Å². The van der Waals surface area contributed by atoms with Gasteiger partial charge in [0.05, 0.1) is 6.04 Å². The highest BCUT2D eigenvalue weighted by Crippen LogP contribution is 2.22. The third-order valence-electron chi connectivity index (χ3n) is 3.00. The average Bonchev–Trinajstić information content (AvgIpc) is 2.75. The highest BCUT2D eigenvalue weighted by molar-refractivity contribution is 8.14. The van der Waals surface area contributed by atoms with Crippen LogP contribution in [0.5, 0.6) is 0 Å². The van der Waals surface area contributed by atoms with E-state index in [-0.39, 0.29) is 11.9 Å². The molecule has 2 unspecified atom stereocenters. The van der Waals surface area contributed by atoms with Crippen molar-refractivity contribution in [2.24, 2.45) is 10.9 Å². The second-order valence-electron chi connectivity index (χ2n) is 4.78. The van der Waals surface area contributed by atoms with E-state index in [0.717, 1.165) is 17.5 Å². The molecule has 0 aromatic rings. The number of aliphatic imine (C=N–C) groups is 1. The van der Waals surface area contributed by atoms with Crippen LogP contribution in [0.2, 0.25) is 0 Å². The molecule has 0 bridgehead atoms. The van der Waals surface area contributed by atoms with Crippen LogP contribution in [0.3, 0.4) is 0 Å². The van der Waals surface area contributed by atoms with E-state index in [1.165, 1.54) is 0 Å². The summed E-state index contributed by atoms with van der Waals surface area (Å²) in [5.74, 6) is 1.69. The Kier molecular flexibility index (Phi) is 5.31. The van der Waals surface area contributed by atoms with E-state index >= 15 is 0 Å². The Morgan fingerprint density at radius 2 is 2.24 bits per heavy atom. The largest absolute Gasteiger partial charge is 0.353 e. The molecule has 5 heteroatoms. The van der Waals surface area contributed by atoms with E-state index in [2.05, 4.69) is 24.2 Å². The van der Waals surface area contributed by atoms with E-state index in [9.17, 15) is 4.79 Å². The molecule has 1 aliphatic rings. The fourth-order valence-electron chi connectivity index (χ4n) is 1.54. The second-order valence-corrected chi connectivity index (χ2v) is 5.78. The van der Waals surface area contributed by atoms with Gasteiger partial charge in [-0.25, -0.2) is 0 Å². The molecular weight excluding hydrogens is 234 g/mol. The summed E-state index contributed by atoms with van der Waals surface area (Å²) in [6.45, 7) is 8.95. The molecule has 2 atom stereocenters. The van der Waals surface area contributed by atoms with E-state index in [1.807, 2.05) is 20.9 Å². The first-order valence-corrected chi connectivity index (χ1v) is 7.16. The van der Waals surface area contributed by atoms with Gasteiger partial charge in [-0.3, -0.25) is 9.79 Å². The molecular formula is C12H23N3OS. The Labute approximate surface area is 108 Å². The summed E-state index contributed by atoms with van der Waals surface area (Å²) in [7, 11) is 1.82. The number of amidine groups is 1. The Balaban J connectivity index is 2.50. The van der Waals surface area contributed by atoms with Gasteiger partial charge in [0.25, 0.3) is 0 Å².